The molecule has 3 rings (SSSR count). The van der Waals surface area contributed by atoms with E-state index in [1.165, 1.54) is 5.56 Å². The smallest absolute Gasteiger partial charge is 0.223 e. The second-order valence-electron chi connectivity index (χ2n) is 9.83. The number of rotatable bonds is 15. The normalized spacial score (nSPS) is 13.3. The summed E-state index contributed by atoms with van der Waals surface area (Å²) in [4.78, 5) is 26.1. The molecule has 0 aliphatic carbocycles. The summed E-state index contributed by atoms with van der Waals surface area (Å²) in [6, 6.07) is 26.8. The van der Waals surface area contributed by atoms with Crippen LogP contribution in [-0.4, -0.2) is 36.2 Å². The topological polar surface area (TPSA) is 134 Å². The van der Waals surface area contributed by atoms with E-state index in [0.29, 0.717) is 25.1 Å². The van der Waals surface area contributed by atoms with E-state index < -0.39 is 5.92 Å². The molecule has 0 aromatic heterocycles. The van der Waals surface area contributed by atoms with Crippen molar-refractivity contribution in [1.82, 2.24) is 10.6 Å². The molecule has 0 unspecified atom stereocenters. The van der Waals surface area contributed by atoms with Crippen LogP contribution < -0.4 is 22.1 Å². The van der Waals surface area contributed by atoms with Gasteiger partial charge in [-0.3, -0.25) is 15.0 Å². The third kappa shape index (κ3) is 9.57. The highest BCUT2D eigenvalue weighted by atomic mass is 16.2. The van der Waals surface area contributed by atoms with Gasteiger partial charge in [-0.1, -0.05) is 91.9 Å². The number of hydrogen-bond donors (Lipinski definition) is 5. The molecule has 3 aromatic carbocycles. The third-order valence-corrected chi connectivity index (χ3v) is 6.61. The van der Waals surface area contributed by atoms with Gasteiger partial charge in [-0.2, -0.15) is 0 Å². The Morgan fingerprint density at radius 2 is 1.47 bits per heavy atom. The van der Waals surface area contributed by atoms with Gasteiger partial charge in [-0.05, 0) is 36.0 Å². The van der Waals surface area contributed by atoms with Crippen LogP contribution in [0.25, 0.3) is 0 Å². The van der Waals surface area contributed by atoms with Gasteiger partial charge in [-0.15, -0.1) is 0 Å². The number of carbonyl (C=O) groups is 2. The number of hydrogen-bond acceptors (Lipinski definition) is 5. The molecule has 3 atom stereocenters. The fourth-order valence-corrected chi connectivity index (χ4v) is 4.32. The molecule has 3 aromatic rings. The summed E-state index contributed by atoms with van der Waals surface area (Å²) in [6.45, 7) is 2.64. The van der Waals surface area contributed by atoms with Crippen molar-refractivity contribution in [1.29, 1.82) is 5.41 Å². The average molecular weight is 514 g/mol. The summed E-state index contributed by atoms with van der Waals surface area (Å²) in [5, 5.41) is 13.8. The molecule has 0 fully saturated rings. The summed E-state index contributed by atoms with van der Waals surface area (Å²) in [5.74, 6) is -0.611. The van der Waals surface area contributed by atoms with Crippen LogP contribution in [0.3, 0.4) is 0 Å². The number of Topliss-reactive ketones (excluding diaryl/α,β-unsaturated/α-hetero) is 1. The molecule has 38 heavy (non-hydrogen) atoms. The number of nitrogen functional groups attached to an aromatic ring is 1. The molecule has 0 radical (unpaired) electrons. The molecule has 0 aliphatic heterocycles. The Morgan fingerprint density at radius 1 is 0.868 bits per heavy atom. The van der Waals surface area contributed by atoms with Gasteiger partial charge in [0.1, 0.15) is 5.84 Å². The summed E-state index contributed by atoms with van der Waals surface area (Å²) in [5.41, 5.74) is 15.7. The van der Waals surface area contributed by atoms with Crippen LogP contribution in [0.4, 0.5) is 0 Å². The van der Waals surface area contributed by atoms with Gasteiger partial charge < -0.3 is 22.1 Å². The fraction of sp³-hybridized carbons (Fsp3) is 0.323. The molecular weight excluding hydrogens is 474 g/mol. The van der Waals surface area contributed by atoms with Crippen LogP contribution in [0.5, 0.6) is 0 Å². The van der Waals surface area contributed by atoms with E-state index in [1.54, 1.807) is 19.1 Å². The van der Waals surface area contributed by atoms with Crippen LogP contribution in [0.2, 0.25) is 0 Å². The molecule has 0 bridgehead atoms. The predicted molar refractivity (Wildman–Crippen MR) is 153 cm³/mol. The number of carbonyl (C=O) groups excluding carboxylic acids is 2. The minimum atomic E-state index is -0.460. The molecule has 0 saturated carbocycles. The van der Waals surface area contributed by atoms with Gasteiger partial charge in [0, 0.05) is 37.0 Å². The molecule has 7 N–H and O–H groups in total. The SMILES string of the molecule is C[C@H](CC(=O)[C@@H](CCc1ccccc1)NC[C@H](N)Cc1ccccc1)C(=O)NCc1ccc(C(=N)N)cc1. The van der Waals surface area contributed by atoms with Crippen molar-refractivity contribution in [2.75, 3.05) is 6.54 Å². The van der Waals surface area contributed by atoms with Crippen molar-refractivity contribution < 1.29 is 9.59 Å². The van der Waals surface area contributed by atoms with Crippen molar-refractivity contribution in [3.8, 4) is 0 Å². The first-order chi connectivity index (χ1) is 18.3. The standard InChI is InChI=1S/C31H39N5O2/c1-22(31(38)36-20-25-12-15-26(16-13-25)30(33)34)18-29(37)28(17-14-23-8-4-2-5-9-23)35-21-27(32)19-24-10-6-3-7-11-24/h2-13,15-16,22,27-28,35H,14,17-21,32H2,1H3,(H3,33,34)(H,36,38)/t22-,27-,28-/m1/s1. The highest BCUT2D eigenvalue weighted by molar-refractivity contribution is 5.94. The van der Waals surface area contributed by atoms with E-state index in [4.69, 9.17) is 16.9 Å². The minimum Gasteiger partial charge on any atom is -0.384 e. The number of amides is 1. The van der Waals surface area contributed by atoms with Crippen molar-refractivity contribution in [2.45, 2.75) is 51.2 Å². The average Bonchev–Trinajstić information content (AvgIpc) is 2.92. The van der Waals surface area contributed by atoms with Crippen LogP contribution in [-0.2, 0) is 29.0 Å². The highest BCUT2D eigenvalue weighted by Gasteiger charge is 2.24. The molecule has 0 heterocycles. The predicted octanol–water partition coefficient (Wildman–Crippen LogP) is 3.34. The molecule has 7 heteroatoms. The van der Waals surface area contributed by atoms with E-state index >= 15 is 0 Å². The zero-order valence-electron chi connectivity index (χ0n) is 22.0. The number of aryl methyl sites for hydroxylation is 1. The molecule has 1 amide bonds. The first kappa shape index (κ1) is 28.8. The first-order valence-corrected chi connectivity index (χ1v) is 13.1. The maximum absolute atomic E-state index is 13.3. The second-order valence-corrected chi connectivity index (χ2v) is 9.83. The van der Waals surface area contributed by atoms with Crippen molar-refractivity contribution in [3.05, 3.63) is 107 Å². The lowest BCUT2D eigenvalue weighted by molar-refractivity contribution is -0.129. The Morgan fingerprint density at radius 3 is 2.08 bits per heavy atom. The van der Waals surface area contributed by atoms with Crippen molar-refractivity contribution in [2.24, 2.45) is 17.4 Å². The van der Waals surface area contributed by atoms with Crippen LogP contribution in [0.1, 0.15) is 42.0 Å². The summed E-state index contributed by atoms with van der Waals surface area (Å²) in [7, 11) is 0. The lowest BCUT2D eigenvalue weighted by atomic mass is 9.94. The fourth-order valence-electron chi connectivity index (χ4n) is 4.32. The molecule has 7 nitrogen and oxygen atoms in total. The zero-order valence-corrected chi connectivity index (χ0v) is 22.0. The summed E-state index contributed by atoms with van der Waals surface area (Å²) < 4.78 is 0. The van der Waals surface area contributed by atoms with Gasteiger partial charge in [0.15, 0.2) is 5.78 Å². The Balaban J connectivity index is 1.54. The summed E-state index contributed by atoms with van der Waals surface area (Å²) >= 11 is 0. The van der Waals surface area contributed by atoms with E-state index in [-0.39, 0.29) is 36.0 Å². The van der Waals surface area contributed by atoms with Gasteiger partial charge in [-0.25, -0.2) is 0 Å². The van der Waals surface area contributed by atoms with Gasteiger partial charge in [0.05, 0.1) is 6.04 Å². The summed E-state index contributed by atoms with van der Waals surface area (Å²) in [6.07, 6.45) is 2.27. The quantitative estimate of drug-likeness (QED) is 0.157. The van der Waals surface area contributed by atoms with Crippen LogP contribution in [0.15, 0.2) is 84.9 Å². The van der Waals surface area contributed by atoms with Crippen molar-refractivity contribution in [3.63, 3.8) is 0 Å². The zero-order chi connectivity index (χ0) is 27.3. The van der Waals surface area contributed by atoms with Gasteiger partial charge >= 0.3 is 0 Å². The van der Waals surface area contributed by atoms with Crippen LogP contribution in [0, 0.1) is 11.3 Å². The Kier molecular flexibility index (Phi) is 11.2. The molecule has 0 aliphatic rings. The molecule has 200 valence electrons. The molecular formula is C31H39N5O2. The van der Waals surface area contributed by atoms with E-state index in [2.05, 4.69) is 34.9 Å². The van der Waals surface area contributed by atoms with E-state index in [9.17, 15) is 9.59 Å². The lowest BCUT2D eigenvalue weighted by Gasteiger charge is -2.22. The number of amidine groups is 1. The van der Waals surface area contributed by atoms with Crippen molar-refractivity contribution >= 4 is 17.5 Å². The second kappa shape index (κ2) is 14.8. The minimum absolute atomic E-state index is 0.00386. The van der Waals surface area contributed by atoms with Gasteiger partial charge in [0.2, 0.25) is 5.91 Å². The number of benzene rings is 3. The number of nitrogens with two attached hydrogens (primary N) is 2. The molecule has 0 saturated heterocycles. The Labute approximate surface area is 225 Å². The number of ketones is 1. The monoisotopic (exact) mass is 513 g/mol. The maximum Gasteiger partial charge on any atom is 0.223 e. The van der Waals surface area contributed by atoms with E-state index in [1.807, 2.05) is 48.5 Å². The van der Waals surface area contributed by atoms with Crippen LogP contribution >= 0.6 is 0 Å². The maximum atomic E-state index is 13.3. The van der Waals surface area contributed by atoms with Gasteiger partial charge in [0.25, 0.3) is 0 Å². The highest BCUT2D eigenvalue weighted by Crippen LogP contribution is 2.12. The third-order valence-electron chi connectivity index (χ3n) is 6.61. The Bertz CT molecular complexity index is 1170. The lowest BCUT2D eigenvalue weighted by Crippen LogP contribution is -2.45. The Hall–Kier alpha value is -3.81. The first-order valence-electron chi connectivity index (χ1n) is 13.1. The molecule has 0 spiro atoms. The largest absolute Gasteiger partial charge is 0.384 e. The van der Waals surface area contributed by atoms with E-state index in [0.717, 1.165) is 24.0 Å². The number of nitrogens with one attached hydrogen (secondary N) is 3.